The number of fused-ring (bicyclic) bond motifs is 1. The molecule has 140 valence electrons. The van der Waals surface area contributed by atoms with Crippen molar-refractivity contribution in [3.63, 3.8) is 0 Å². The summed E-state index contributed by atoms with van der Waals surface area (Å²) in [5.41, 5.74) is -0.0799. The Morgan fingerprint density at radius 3 is 2.63 bits per heavy atom. The van der Waals surface area contributed by atoms with Gasteiger partial charge >= 0.3 is 5.69 Å². The summed E-state index contributed by atoms with van der Waals surface area (Å²) < 4.78 is 8.25. The first-order valence-corrected chi connectivity index (χ1v) is 9.64. The largest absolute Gasteiger partial charge is 0.495 e. The highest BCUT2D eigenvalue weighted by Crippen LogP contribution is 2.22. The zero-order chi connectivity index (χ0) is 19.0. The van der Waals surface area contributed by atoms with Crippen LogP contribution in [0.1, 0.15) is 12.8 Å². The minimum absolute atomic E-state index is 0.0818. The van der Waals surface area contributed by atoms with Gasteiger partial charge in [-0.15, -0.1) is 11.3 Å². The Labute approximate surface area is 159 Å². The van der Waals surface area contributed by atoms with Crippen LogP contribution in [0.3, 0.4) is 0 Å². The Balaban J connectivity index is 1.92. The molecule has 3 aromatic rings. The molecule has 27 heavy (non-hydrogen) atoms. The van der Waals surface area contributed by atoms with Crippen molar-refractivity contribution < 1.29 is 9.53 Å². The Bertz CT molecular complexity index is 1120. The summed E-state index contributed by atoms with van der Waals surface area (Å²) in [4.78, 5) is 40.6. The van der Waals surface area contributed by atoms with Crippen LogP contribution in [0, 0.1) is 0 Å². The second kappa shape index (κ2) is 7.03. The number of aromatic nitrogens is 2. The van der Waals surface area contributed by atoms with Gasteiger partial charge in [0.25, 0.3) is 5.56 Å². The van der Waals surface area contributed by atoms with Gasteiger partial charge in [-0.3, -0.25) is 14.2 Å². The van der Waals surface area contributed by atoms with E-state index in [9.17, 15) is 14.4 Å². The Morgan fingerprint density at radius 1 is 1.15 bits per heavy atom. The molecule has 0 bridgehead atoms. The lowest BCUT2D eigenvalue weighted by Crippen LogP contribution is -2.42. The van der Waals surface area contributed by atoms with Crippen molar-refractivity contribution in [2.24, 2.45) is 0 Å². The predicted molar refractivity (Wildman–Crippen MR) is 104 cm³/mol. The highest BCUT2D eigenvalue weighted by molar-refractivity contribution is 7.17. The number of rotatable bonds is 4. The molecule has 1 aliphatic rings. The standard InChI is InChI=1S/C19H19N3O4S/c1-26-15-7-3-2-6-13(15)22-18(24)17-14(8-11-27-17)21(19(22)25)12-16(23)20-9-4-5-10-20/h2-3,6-8,11H,4-5,9-10,12H2,1H3. The number of hydrogen-bond acceptors (Lipinski definition) is 5. The molecule has 7 nitrogen and oxygen atoms in total. The maximum atomic E-state index is 13.2. The second-order valence-electron chi connectivity index (χ2n) is 6.40. The zero-order valence-corrected chi connectivity index (χ0v) is 15.7. The van der Waals surface area contributed by atoms with Gasteiger partial charge in [0, 0.05) is 13.1 Å². The molecule has 4 rings (SSSR count). The van der Waals surface area contributed by atoms with Gasteiger partial charge in [0.1, 0.15) is 17.0 Å². The molecule has 0 saturated carbocycles. The first-order chi connectivity index (χ1) is 13.1. The van der Waals surface area contributed by atoms with Crippen LogP contribution in [-0.4, -0.2) is 40.1 Å². The predicted octanol–water partition coefficient (Wildman–Crippen LogP) is 1.84. The third kappa shape index (κ3) is 2.95. The van der Waals surface area contributed by atoms with Gasteiger partial charge < -0.3 is 9.64 Å². The zero-order valence-electron chi connectivity index (χ0n) is 14.9. The number of methoxy groups -OCH3 is 1. The Kier molecular flexibility index (Phi) is 4.57. The molecule has 8 heteroatoms. The quantitative estimate of drug-likeness (QED) is 0.687. The molecule has 0 radical (unpaired) electrons. The number of amides is 1. The van der Waals surface area contributed by atoms with Gasteiger partial charge in [-0.1, -0.05) is 12.1 Å². The fourth-order valence-corrected chi connectivity index (χ4v) is 4.29. The van der Waals surface area contributed by atoms with E-state index in [1.807, 2.05) is 0 Å². The number of carbonyl (C=O) groups is 1. The summed E-state index contributed by atoms with van der Waals surface area (Å²) >= 11 is 1.26. The number of hydrogen-bond donors (Lipinski definition) is 0. The molecule has 0 N–H and O–H groups in total. The number of thiophene rings is 1. The third-order valence-corrected chi connectivity index (χ3v) is 5.72. The van der Waals surface area contributed by atoms with Crippen molar-refractivity contribution >= 4 is 27.5 Å². The summed E-state index contributed by atoms with van der Waals surface area (Å²) in [6, 6.07) is 8.58. The van der Waals surface area contributed by atoms with E-state index < -0.39 is 11.2 Å². The number of likely N-dealkylation sites (tertiary alicyclic amines) is 1. The summed E-state index contributed by atoms with van der Waals surface area (Å²) in [6.45, 7) is 1.35. The van der Waals surface area contributed by atoms with Crippen molar-refractivity contribution in [3.8, 4) is 11.4 Å². The normalized spacial score (nSPS) is 14.0. The molecule has 1 amide bonds. The summed E-state index contributed by atoms with van der Waals surface area (Å²) in [5.74, 6) is 0.317. The highest BCUT2D eigenvalue weighted by Gasteiger charge is 2.23. The molecule has 1 aliphatic heterocycles. The molecule has 1 fully saturated rings. The molecular formula is C19H19N3O4S. The minimum Gasteiger partial charge on any atom is -0.495 e. The lowest BCUT2D eigenvalue weighted by molar-refractivity contribution is -0.130. The van der Waals surface area contributed by atoms with E-state index in [4.69, 9.17) is 4.74 Å². The van der Waals surface area contributed by atoms with Crippen LogP contribution in [0.25, 0.3) is 15.9 Å². The van der Waals surface area contributed by atoms with Gasteiger partial charge in [0.15, 0.2) is 0 Å². The Hall–Kier alpha value is -2.87. The van der Waals surface area contributed by atoms with E-state index in [-0.39, 0.29) is 12.5 Å². The van der Waals surface area contributed by atoms with Crippen LogP contribution in [0.15, 0.2) is 45.3 Å². The fraction of sp³-hybridized carbons (Fsp3) is 0.316. The van der Waals surface area contributed by atoms with E-state index in [1.165, 1.54) is 23.0 Å². The van der Waals surface area contributed by atoms with E-state index >= 15 is 0 Å². The number of carbonyl (C=O) groups excluding carboxylic acids is 1. The molecule has 3 heterocycles. The molecule has 1 aromatic carbocycles. The monoisotopic (exact) mass is 385 g/mol. The van der Waals surface area contributed by atoms with Crippen LogP contribution in [-0.2, 0) is 11.3 Å². The summed E-state index contributed by atoms with van der Waals surface area (Å²) in [5, 5.41) is 1.76. The summed E-state index contributed by atoms with van der Waals surface area (Å²) in [7, 11) is 1.49. The van der Waals surface area contributed by atoms with Gasteiger partial charge in [-0.25, -0.2) is 9.36 Å². The lowest BCUT2D eigenvalue weighted by atomic mass is 10.3. The van der Waals surface area contributed by atoms with E-state index in [1.54, 1.807) is 40.6 Å². The van der Waals surface area contributed by atoms with E-state index in [0.29, 0.717) is 34.7 Å². The van der Waals surface area contributed by atoms with Crippen LogP contribution < -0.4 is 16.0 Å². The lowest BCUT2D eigenvalue weighted by Gasteiger charge is -2.18. The third-order valence-electron chi connectivity index (χ3n) is 4.83. The number of nitrogens with zero attached hydrogens (tertiary/aromatic N) is 3. The number of para-hydroxylation sites is 2. The first-order valence-electron chi connectivity index (χ1n) is 8.76. The smallest absolute Gasteiger partial charge is 0.336 e. The summed E-state index contributed by atoms with van der Waals surface area (Å²) in [6.07, 6.45) is 1.96. The average Bonchev–Trinajstić information content (AvgIpc) is 3.37. The topological polar surface area (TPSA) is 73.5 Å². The first kappa shape index (κ1) is 17.5. The van der Waals surface area contributed by atoms with Crippen LogP contribution in [0.4, 0.5) is 0 Å². The second-order valence-corrected chi connectivity index (χ2v) is 7.32. The molecule has 0 aliphatic carbocycles. The van der Waals surface area contributed by atoms with Gasteiger partial charge in [-0.2, -0.15) is 0 Å². The van der Waals surface area contributed by atoms with Crippen LogP contribution in [0.5, 0.6) is 5.75 Å². The number of ether oxygens (including phenoxy) is 1. The molecule has 2 aromatic heterocycles. The maximum Gasteiger partial charge on any atom is 0.336 e. The van der Waals surface area contributed by atoms with Crippen LogP contribution >= 0.6 is 11.3 Å². The SMILES string of the molecule is COc1ccccc1-n1c(=O)c2sccc2n(CC(=O)N2CCCC2)c1=O. The van der Waals surface area contributed by atoms with Crippen molar-refractivity contribution in [2.75, 3.05) is 20.2 Å². The van der Waals surface area contributed by atoms with Crippen molar-refractivity contribution in [1.82, 2.24) is 14.0 Å². The van der Waals surface area contributed by atoms with Crippen molar-refractivity contribution in [1.29, 1.82) is 0 Å². The molecule has 0 atom stereocenters. The fourth-order valence-electron chi connectivity index (χ4n) is 3.47. The number of benzene rings is 1. The van der Waals surface area contributed by atoms with Crippen molar-refractivity contribution in [3.05, 3.63) is 56.5 Å². The maximum absolute atomic E-state index is 13.2. The molecule has 1 saturated heterocycles. The van der Waals surface area contributed by atoms with Gasteiger partial charge in [0.05, 0.1) is 18.3 Å². The van der Waals surface area contributed by atoms with E-state index in [2.05, 4.69) is 0 Å². The minimum atomic E-state index is -0.539. The van der Waals surface area contributed by atoms with E-state index in [0.717, 1.165) is 17.4 Å². The Morgan fingerprint density at radius 2 is 1.89 bits per heavy atom. The van der Waals surface area contributed by atoms with Crippen LogP contribution in [0.2, 0.25) is 0 Å². The molecule has 0 spiro atoms. The van der Waals surface area contributed by atoms with Gasteiger partial charge in [0.2, 0.25) is 5.91 Å². The highest BCUT2D eigenvalue weighted by atomic mass is 32.1. The molecular weight excluding hydrogens is 366 g/mol. The average molecular weight is 385 g/mol. The van der Waals surface area contributed by atoms with Crippen molar-refractivity contribution in [2.45, 2.75) is 19.4 Å². The molecule has 0 unspecified atom stereocenters. The van der Waals surface area contributed by atoms with Gasteiger partial charge in [-0.05, 0) is 36.4 Å².